The average molecular weight is 266 g/mol. The Hall–Kier alpha value is -0.910. The summed E-state index contributed by atoms with van der Waals surface area (Å²) in [6.45, 7) is 10.2. The number of hydrogen-bond acceptors (Lipinski definition) is 4. The van der Waals surface area contributed by atoms with Gasteiger partial charge in [-0.15, -0.1) is 11.3 Å². The number of fused-ring (bicyclic) bond motifs is 1. The van der Waals surface area contributed by atoms with Crippen molar-refractivity contribution in [2.24, 2.45) is 11.1 Å². The van der Waals surface area contributed by atoms with E-state index in [9.17, 15) is 0 Å². The van der Waals surface area contributed by atoms with E-state index in [1.165, 1.54) is 0 Å². The second kappa shape index (κ2) is 5.38. The Kier molecular flexibility index (Phi) is 4.04. The summed E-state index contributed by atoms with van der Waals surface area (Å²) >= 11 is 1.67. The lowest BCUT2D eigenvalue weighted by molar-refractivity contribution is 0.182. The summed E-state index contributed by atoms with van der Waals surface area (Å²) in [6, 6.07) is 0. The fourth-order valence-corrected chi connectivity index (χ4v) is 2.75. The fourth-order valence-electron chi connectivity index (χ4n) is 2.03. The lowest BCUT2D eigenvalue weighted by Gasteiger charge is -2.30. The molecule has 2 aromatic heterocycles. The molecule has 0 bridgehead atoms. The van der Waals surface area contributed by atoms with Gasteiger partial charge in [0.1, 0.15) is 0 Å². The molecule has 4 nitrogen and oxygen atoms in total. The molecule has 0 aliphatic rings. The van der Waals surface area contributed by atoms with Gasteiger partial charge in [0.2, 0.25) is 0 Å². The monoisotopic (exact) mass is 266 g/mol. The van der Waals surface area contributed by atoms with Gasteiger partial charge in [0.25, 0.3) is 0 Å². The minimum Gasteiger partial charge on any atom is -0.330 e. The highest BCUT2D eigenvalue weighted by Gasteiger charge is 2.20. The maximum absolute atomic E-state index is 5.80. The Morgan fingerprint density at radius 2 is 2.28 bits per heavy atom. The van der Waals surface area contributed by atoms with Crippen LogP contribution in [0.1, 0.15) is 26.5 Å². The quantitative estimate of drug-likeness (QED) is 0.872. The Bertz CT molecular complexity index is 471. The van der Waals surface area contributed by atoms with E-state index in [-0.39, 0.29) is 5.41 Å². The zero-order valence-corrected chi connectivity index (χ0v) is 12.2. The first kappa shape index (κ1) is 13.5. The molecule has 2 aromatic rings. The molecule has 0 aliphatic carbocycles. The molecule has 100 valence electrons. The van der Waals surface area contributed by atoms with Crippen molar-refractivity contribution in [2.75, 3.05) is 19.6 Å². The van der Waals surface area contributed by atoms with Crippen molar-refractivity contribution in [1.29, 1.82) is 0 Å². The molecule has 0 atom stereocenters. The molecule has 0 aliphatic heterocycles. The van der Waals surface area contributed by atoms with Crippen LogP contribution in [0.15, 0.2) is 17.8 Å². The van der Waals surface area contributed by atoms with Gasteiger partial charge in [0.05, 0.1) is 5.69 Å². The van der Waals surface area contributed by atoms with Gasteiger partial charge in [0, 0.05) is 30.9 Å². The van der Waals surface area contributed by atoms with Gasteiger partial charge in [-0.2, -0.15) is 0 Å². The zero-order valence-electron chi connectivity index (χ0n) is 11.4. The van der Waals surface area contributed by atoms with Crippen molar-refractivity contribution < 1.29 is 0 Å². The van der Waals surface area contributed by atoms with Crippen LogP contribution in [0.4, 0.5) is 0 Å². The Balaban J connectivity index is 2.04. The third-order valence-electron chi connectivity index (χ3n) is 3.18. The summed E-state index contributed by atoms with van der Waals surface area (Å²) in [5, 5.41) is 2.06. The first-order valence-electron chi connectivity index (χ1n) is 6.37. The van der Waals surface area contributed by atoms with Crippen molar-refractivity contribution in [3.63, 3.8) is 0 Å². The summed E-state index contributed by atoms with van der Waals surface area (Å²) in [6.07, 6.45) is 4.17. The van der Waals surface area contributed by atoms with Crippen molar-refractivity contribution in [1.82, 2.24) is 14.3 Å². The van der Waals surface area contributed by atoms with Gasteiger partial charge in [-0.1, -0.05) is 20.8 Å². The van der Waals surface area contributed by atoms with Gasteiger partial charge < -0.3 is 5.73 Å². The van der Waals surface area contributed by atoms with E-state index in [1.54, 1.807) is 11.3 Å². The largest absolute Gasteiger partial charge is 0.330 e. The molecule has 5 heteroatoms. The normalized spacial score (nSPS) is 12.7. The third kappa shape index (κ3) is 3.10. The zero-order chi connectivity index (χ0) is 13.2. The molecule has 2 heterocycles. The highest BCUT2D eigenvalue weighted by molar-refractivity contribution is 7.15. The highest BCUT2D eigenvalue weighted by atomic mass is 32.1. The van der Waals surface area contributed by atoms with Gasteiger partial charge in [-0.05, 0) is 18.5 Å². The van der Waals surface area contributed by atoms with Crippen LogP contribution < -0.4 is 5.73 Å². The molecule has 0 unspecified atom stereocenters. The van der Waals surface area contributed by atoms with Crippen LogP contribution in [0, 0.1) is 5.41 Å². The van der Waals surface area contributed by atoms with Gasteiger partial charge in [0.15, 0.2) is 4.96 Å². The van der Waals surface area contributed by atoms with Crippen molar-refractivity contribution in [3.8, 4) is 0 Å². The van der Waals surface area contributed by atoms with Crippen molar-refractivity contribution in [2.45, 2.75) is 27.3 Å². The number of hydrogen-bond donors (Lipinski definition) is 1. The van der Waals surface area contributed by atoms with Gasteiger partial charge in [-0.3, -0.25) is 9.30 Å². The lowest BCUT2D eigenvalue weighted by Crippen LogP contribution is -2.38. The molecule has 0 radical (unpaired) electrons. The number of rotatable bonds is 6. The highest BCUT2D eigenvalue weighted by Crippen LogP contribution is 2.17. The van der Waals surface area contributed by atoms with Crippen LogP contribution in [0.2, 0.25) is 0 Å². The van der Waals surface area contributed by atoms with E-state index in [4.69, 9.17) is 5.73 Å². The first-order valence-corrected chi connectivity index (χ1v) is 7.25. The van der Waals surface area contributed by atoms with Crippen molar-refractivity contribution in [3.05, 3.63) is 23.5 Å². The molecule has 0 saturated heterocycles. The average Bonchev–Trinajstić information content (AvgIpc) is 2.88. The lowest BCUT2D eigenvalue weighted by atomic mass is 9.93. The van der Waals surface area contributed by atoms with E-state index in [0.717, 1.165) is 30.3 Å². The summed E-state index contributed by atoms with van der Waals surface area (Å²) in [4.78, 5) is 8.10. The molecular weight excluding hydrogens is 244 g/mol. The van der Waals surface area contributed by atoms with Crippen LogP contribution in [-0.4, -0.2) is 33.9 Å². The molecule has 2 N–H and O–H groups in total. The van der Waals surface area contributed by atoms with Gasteiger partial charge in [-0.25, -0.2) is 4.98 Å². The van der Waals surface area contributed by atoms with Crippen LogP contribution in [0.5, 0.6) is 0 Å². The minimum atomic E-state index is 0.160. The van der Waals surface area contributed by atoms with Gasteiger partial charge >= 0.3 is 0 Å². The second-order valence-electron chi connectivity index (χ2n) is 5.50. The number of imidazole rings is 1. The van der Waals surface area contributed by atoms with E-state index >= 15 is 0 Å². The van der Waals surface area contributed by atoms with Crippen LogP contribution in [-0.2, 0) is 6.54 Å². The molecule has 18 heavy (non-hydrogen) atoms. The molecular formula is C13H22N4S. The maximum Gasteiger partial charge on any atom is 0.193 e. The summed E-state index contributed by atoms with van der Waals surface area (Å²) < 4.78 is 2.09. The first-order chi connectivity index (χ1) is 8.54. The molecule has 0 amide bonds. The predicted octanol–water partition coefficient (Wildman–Crippen LogP) is 2.20. The molecule has 0 fully saturated rings. The Morgan fingerprint density at radius 1 is 1.50 bits per heavy atom. The topological polar surface area (TPSA) is 46.6 Å². The second-order valence-corrected chi connectivity index (χ2v) is 6.37. The molecule has 0 spiro atoms. The summed E-state index contributed by atoms with van der Waals surface area (Å²) in [7, 11) is 0. The van der Waals surface area contributed by atoms with Crippen LogP contribution in [0.3, 0.4) is 0 Å². The van der Waals surface area contributed by atoms with E-state index in [1.807, 2.05) is 0 Å². The molecule has 0 aromatic carbocycles. The number of nitrogens with zero attached hydrogens (tertiary/aromatic N) is 3. The summed E-state index contributed by atoms with van der Waals surface area (Å²) in [5.74, 6) is 0. The number of nitrogens with two attached hydrogens (primary N) is 1. The third-order valence-corrected chi connectivity index (χ3v) is 3.95. The number of aromatic nitrogens is 2. The standard InChI is InChI=1S/C13H22N4S/c1-4-16(10-13(2,3)9-14)7-11-8-17-5-6-18-12(17)15-11/h5-6,8H,4,7,9-10,14H2,1-3H3. The Labute approximate surface area is 112 Å². The van der Waals surface area contributed by atoms with E-state index in [2.05, 4.69) is 52.8 Å². The molecule has 2 rings (SSSR count). The van der Waals surface area contributed by atoms with Crippen molar-refractivity contribution >= 4 is 16.3 Å². The van der Waals surface area contributed by atoms with E-state index < -0.39 is 0 Å². The smallest absolute Gasteiger partial charge is 0.193 e. The van der Waals surface area contributed by atoms with Crippen LogP contribution in [0.25, 0.3) is 4.96 Å². The SMILES string of the molecule is CCN(Cc1cn2ccsc2n1)CC(C)(C)CN. The Morgan fingerprint density at radius 3 is 2.89 bits per heavy atom. The van der Waals surface area contributed by atoms with Crippen LogP contribution >= 0.6 is 11.3 Å². The molecule has 0 saturated carbocycles. The minimum absolute atomic E-state index is 0.160. The fraction of sp³-hybridized carbons (Fsp3) is 0.615. The predicted molar refractivity (Wildman–Crippen MR) is 76.9 cm³/mol. The summed E-state index contributed by atoms with van der Waals surface area (Å²) in [5.41, 5.74) is 7.10. The van der Waals surface area contributed by atoms with E-state index in [0.29, 0.717) is 6.54 Å². The number of thiazole rings is 1. The maximum atomic E-state index is 5.80.